The highest BCUT2D eigenvalue weighted by atomic mass is 16.5. The Morgan fingerprint density at radius 3 is 2.68 bits per heavy atom. The first-order valence-corrected chi connectivity index (χ1v) is 7.16. The van der Waals surface area contributed by atoms with Crippen molar-refractivity contribution in [2.24, 2.45) is 0 Å². The summed E-state index contributed by atoms with van der Waals surface area (Å²) >= 11 is 0. The van der Waals surface area contributed by atoms with E-state index in [-0.39, 0.29) is 5.91 Å². The molecule has 0 saturated carbocycles. The van der Waals surface area contributed by atoms with Crippen LogP contribution in [-0.2, 0) is 11.2 Å². The summed E-state index contributed by atoms with van der Waals surface area (Å²) in [6.07, 6.45) is 2.19. The summed E-state index contributed by atoms with van der Waals surface area (Å²) in [5.74, 6) is 0.750. The molecule has 0 atom stereocenters. The number of H-pyrrole nitrogens is 1. The van der Waals surface area contributed by atoms with Gasteiger partial charge in [0.25, 0.3) is 0 Å². The first-order chi connectivity index (χ1) is 10.7. The van der Waals surface area contributed by atoms with Crippen molar-refractivity contribution < 1.29 is 9.53 Å². The third kappa shape index (κ3) is 2.96. The number of rotatable bonds is 4. The molecule has 0 fully saturated rings. The van der Waals surface area contributed by atoms with Crippen LogP contribution >= 0.6 is 0 Å². The lowest BCUT2D eigenvalue weighted by atomic mass is 10.1. The van der Waals surface area contributed by atoms with Crippen molar-refractivity contribution in [3.63, 3.8) is 0 Å². The van der Waals surface area contributed by atoms with Crippen LogP contribution in [0.5, 0.6) is 5.75 Å². The number of hydrogen-bond donors (Lipinski definition) is 2. The molecule has 1 aromatic heterocycles. The lowest BCUT2D eigenvalue weighted by molar-refractivity contribution is -0.115. The zero-order valence-electron chi connectivity index (χ0n) is 12.6. The molecule has 112 valence electrons. The van der Waals surface area contributed by atoms with Crippen molar-refractivity contribution >= 4 is 22.5 Å². The summed E-state index contributed by atoms with van der Waals surface area (Å²) in [5, 5.41) is 3.93. The maximum atomic E-state index is 12.2. The molecule has 0 saturated heterocycles. The van der Waals surface area contributed by atoms with Crippen LogP contribution < -0.4 is 10.1 Å². The highest BCUT2D eigenvalue weighted by Crippen LogP contribution is 2.24. The van der Waals surface area contributed by atoms with Crippen LogP contribution in [0.1, 0.15) is 11.1 Å². The average Bonchev–Trinajstić information content (AvgIpc) is 2.91. The van der Waals surface area contributed by atoms with Gasteiger partial charge in [-0.3, -0.25) is 4.79 Å². The number of anilines is 1. The number of fused-ring (bicyclic) bond motifs is 1. The SMILES string of the molecule is COc1ccc2[nH]cc(CC(=O)Nc3ccc(C)cc3)c2c1. The van der Waals surface area contributed by atoms with Gasteiger partial charge in [0, 0.05) is 22.8 Å². The first-order valence-electron chi connectivity index (χ1n) is 7.16. The number of benzene rings is 2. The molecule has 0 bridgehead atoms. The molecule has 0 aliphatic heterocycles. The van der Waals surface area contributed by atoms with Crippen molar-refractivity contribution in [2.45, 2.75) is 13.3 Å². The van der Waals surface area contributed by atoms with Crippen LogP contribution in [0.3, 0.4) is 0 Å². The van der Waals surface area contributed by atoms with E-state index in [9.17, 15) is 4.79 Å². The Balaban J connectivity index is 1.77. The molecule has 2 N–H and O–H groups in total. The van der Waals surface area contributed by atoms with Gasteiger partial charge in [-0.1, -0.05) is 17.7 Å². The standard InChI is InChI=1S/C18H18N2O2/c1-12-3-5-14(6-4-12)20-18(21)9-13-11-19-17-8-7-15(22-2)10-16(13)17/h3-8,10-11,19H,9H2,1-2H3,(H,20,21). The van der Waals surface area contributed by atoms with Gasteiger partial charge in [-0.05, 0) is 42.8 Å². The molecule has 0 radical (unpaired) electrons. The monoisotopic (exact) mass is 294 g/mol. The van der Waals surface area contributed by atoms with E-state index in [1.54, 1.807) is 7.11 Å². The van der Waals surface area contributed by atoms with Gasteiger partial charge in [0.05, 0.1) is 13.5 Å². The number of aromatic nitrogens is 1. The molecule has 1 amide bonds. The fourth-order valence-corrected chi connectivity index (χ4v) is 2.45. The van der Waals surface area contributed by atoms with Gasteiger partial charge in [0.1, 0.15) is 5.75 Å². The molecule has 0 aliphatic carbocycles. The minimum atomic E-state index is -0.0347. The number of hydrogen-bond acceptors (Lipinski definition) is 2. The number of aromatic amines is 1. The molecule has 0 unspecified atom stereocenters. The molecular formula is C18H18N2O2. The second-order valence-corrected chi connectivity index (χ2v) is 5.32. The summed E-state index contributed by atoms with van der Waals surface area (Å²) in [7, 11) is 1.64. The predicted octanol–water partition coefficient (Wildman–Crippen LogP) is 3.67. The quantitative estimate of drug-likeness (QED) is 0.771. The molecule has 3 aromatic rings. The second kappa shape index (κ2) is 5.93. The van der Waals surface area contributed by atoms with E-state index < -0.39 is 0 Å². The van der Waals surface area contributed by atoms with Crippen LogP contribution in [0.4, 0.5) is 5.69 Å². The molecule has 0 spiro atoms. The number of methoxy groups -OCH3 is 1. The van der Waals surface area contributed by atoms with Gasteiger partial charge >= 0.3 is 0 Å². The second-order valence-electron chi connectivity index (χ2n) is 5.32. The molecule has 22 heavy (non-hydrogen) atoms. The van der Waals surface area contributed by atoms with E-state index >= 15 is 0 Å². The number of amides is 1. The third-order valence-electron chi connectivity index (χ3n) is 3.66. The third-order valence-corrected chi connectivity index (χ3v) is 3.66. The summed E-state index contributed by atoms with van der Waals surface area (Å²) in [5.41, 5.74) is 3.94. The van der Waals surface area contributed by atoms with Crippen molar-refractivity contribution in [1.29, 1.82) is 0 Å². The average molecular weight is 294 g/mol. The smallest absolute Gasteiger partial charge is 0.228 e. The van der Waals surface area contributed by atoms with Gasteiger partial charge in [-0.15, -0.1) is 0 Å². The fraction of sp³-hybridized carbons (Fsp3) is 0.167. The van der Waals surface area contributed by atoms with Crippen LogP contribution in [0.15, 0.2) is 48.7 Å². The van der Waals surface area contributed by atoms with Crippen LogP contribution in [0.2, 0.25) is 0 Å². The Kier molecular flexibility index (Phi) is 3.83. The summed E-state index contributed by atoms with van der Waals surface area (Å²) in [6.45, 7) is 2.02. The normalized spacial score (nSPS) is 10.6. The molecule has 3 rings (SSSR count). The zero-order valence-corrected chi connectivity index (χ0v) is 12.6. The molecular weight excluding hydrogens is 276 g/mol. The van der Waals surface area contributed by atoms with Crippen molar-refractivity contribution in [3.05, 3.63) is 59.8 Å². The van der Waals surface area contributed by atoms with Crippen molar-refractivity contribution in [3.8, 4) is 5.75 Å². The summed E-state index contributed by atoms with van der Waals surface area (Å²) in [4.78, 5) is 15.4. The Hall–Kier alpha value is -2.75. The molecule has 4 nitrogen and oxygen atoms in total. The maximum absolute atomic E-state index is 12.2. The number of carbonyl (C=O) groups excluding carboxylic acids is 1. The summed E-state index contributed by atoms with van der Waals surface area (Å²) in [6, 6.07) is 13.6. The van der Waals surface area contributed by atoms with E-state index in [0.717, 1.165) is 27.9 Å². The minimum Gasteiger partial charge on any atom is -0.497 e. The molecule has 4 heteroatoms. The van der Waals surface area contributed by atoms with Gasteiger partial charge in [0.15, 0.2) is 0 Å². The van der Waals surface area contributed by atoms with E-state index in [0.29, 0.717) is 6.42 Å². The van der Waals surface area contributed by atoms with Gasteiger partial charge < -0.3 is 15.0 Å². The number of ether oxygens (including phenoxy) is 1. The first kappa shape index (κ1) is 14.2. The fourth-order valence-electron chi connectivity index (χ4n) is 2.45. The minimum absolute atomic E-state index is 0.0347. The highest BCUT2D eigenvalue weighted by molar-refractivity contribution is 5.96. The Labute approximate surface area is 129 Å². The largest absolute Gasteiger partial charge is 0.497 e. The molecule has 0 aliphatic rings. The lowest BCUT2D eigenvalue weighted by Crippen LogP contribution is -2.14. The van der Waals surface area contributed by atoms with Gasteiger partial charge in [-0.25, -0.2) is 0 Å². The Bertz CT molecular complexity index is 804. The Morgan fingerprint density at radius 2 is 1.95 bits per heavy atom. The van der Waals surface area contributed by atoms with Crippen molar-refractivity contribution in [1.82, 2.24) is 4.98 Å². The van der Waals surface area contributed by atoms with Crippen LogP contribution in [0.25, 0.3) is 10.9 Å². The van der Waals surface area contributed by atoms with Gasteiger partial charge in [0.2, 0.25) is 5.91 Å². The molecule has 2 aromatic carbocycles. The van der Waals surface area contributed by atoms with Crippen LogP contribution in [0, 0.1) is 6.92 Å². The lowest BCUT2D eigenvalue weighted by Gasteiger charge is -2.05. The highest BCUT2D eigenvalue weighted by Gasteiger charge is 2.10. The zero-order chi connectivity index (χ0) is 15.5. The van der Waals surface area contributed by atoms with Gasteiger partial charge in [-0.2, -0.15) is 0 Å². The topological polar surface area (TPSA) is 54.1 Å². The number of carbonyl (C=O) groups is 1. The van der Waals surface area contributed by atoms with E-state index in [1.165, 1.54) is 5.56 Å². The van der Waals surface area contributed by atoms with E-state index in [1.807, 2.05) is 55.6 Å². The number of nitrogens with one attached hydrogen (secondary N) is 2. The number of aryl methyl sites for hydroxylation is 1. The van der Waals surface area contributed by atoms with Crippen LogP contribution in [-0.4, -0.2) is 18.0 Å². The van der Waals surface area contributed by atoms with E-state index in [4.69, 9.17) is 4.74 Å². The van der Waals surface area contributed by atoms with Crippen molar-refractivity contribution in [2.75, 3.05) is 12.4 Å². The predicted molar refractivity (Wildman–Crippen MR) is 88.4 cm³/mol. The maximum Gasteiger partial charge on any atom is 0.228 e. The molecule has 1 heterocycles. The Morgan fingerprint density at radius 1 is 1.18 bits per heavy atom. The van der Waals surface area contributed by atoms with E-state index in [2.05, 4.69) is 10.3 Å². The summed E-state index contributed by atoms with van der Waals surface area (Å²) < 4.78 is 5.24.